The van der Waals surface area contributed by atoms with E-state index in [0.717, 1.165) is 43.9 Å². The number of nitrogens with zero attached hydrogens (tertiary/aromatic N) is 1. The third kappa shape index (κ3) is 1.51. The van der Waals surface area contributed by atoms with E-state index in [4.69, 9.17) is 9.47 Å². The monoisotopic (exact) mass is 365 g/mol. The Kier molecular flexibility index (Phi) is 2.59. The molecule has 27 heavy (non-hydrogen) atoms. The van der Waals surface area contributed by atoms with Crippen molar-refractivity contribution in [1.29, 1.82) is 0 Å². The zero-order valence-electron chi connectivity index (χ0n) is 15.9. The van der Waals surface area contributed by atoms with Crippen molar-refractivity contribution in [1.82, 2.24) is 4.90 Å². The first-order valence-electron chi connectivity index (χ1n) is 10.7. The summed E-state index contributed by atoms with van der Waals surface area (Å²) < 4.78 is 12.8. The lowest BCUT2D eigenvalue weighted by atomic mass is 9.39. The first-order chi connectivity index (χ1) is 13.1. The Labute approximate surface area is 160 Å². The lowest BCUT2D eigenvalue weighted by molar-refractivity contribution is -0.189. The van der Waals surface area contributed by atoms with Crippen LogP contribution in [-0.2, 0) is 16.6 Å². The highest BCUT2D eigenvalue weighted by molar-refractivity contribution is 5.64. The van der Waals surface area contributed by atoms with E-state index in [1.807, 2.05) is 13.2 Å². The summed E-state index contributed by atoms with van der Waals surface area (Å²) in [7, 11) is 1.83. The van der Waals surface area contributed by atoms with Crippen LogP contribution in [0.4, 0.5) is 0 Å². The van der Waals surface area contributed by atoms with Crippen LogP contribution in [0.1, 0.15) is 43.2 Å². The Morgan fingerprint density at radius 3 is 2.85 bits per heavy atom. The van der Waals surface area contributed by atoms with E-state index in [2.05, 4.69) is 23.1 Å². The zero-order valence-corrected chi connectivity index (χ0v) is 15.9. The summed E-state index contributed by atoms with van der Waals surface area (Å²) in [6.45, 7) is 2.41. The molecule has 1 saturated heterocycles. The van der Waals surface area contributed by atoms with Crippen LogP contribution in [0.3, 0.4) is 0 Å². The largest absolute Gasteiger partial charge is 0.504 e. The van der Waals surface area contributed by atoms with E-state index in [-0.39, 0.29) is 22.5 Å². The molecule has 1 N–H and O–H groups in total. The van der Waals surface area contributed by atoms with Gasteiger partial charge in [-0.2, -0.15) is 0 Å². The molecule has 0 radical (unpaired) electrons. The maximum atomic E-state index is 10.6. The molecule has 4 nitrogen and oxygen atoms in total. The van der Waals surface area contributed by atoms with Crippen LogP contribution in [-0.4, -0.2) is 48.0 Å². The first-order valence-corrected chi connectivity index (χ1v) is 10.7. The molecule has 0 unspecified atom stereocenters. The number of aromatic hydroxyl groups is 1. The molecule has 7 aliphatic rings. The van der Waals surface area contributed by atoms with Crippen LogP contribution in [0.25, 0.3) is 0 Å². The Morgan fingerprint density at radius 1 is 1.22 bits per heavy atom. The molecule has 1 aromatic carbocycles. The number of ether oxygens (including phenoxy) is 2. The van der Waals surface area contributed by atoms with Crippen molar-refractivity contribution in [2.45, 2.75) is 61.7 Å². The van der Waals surface area contributed by atoms with Crippen molar-refractivity contribution in [3.63, 3.8) is 0 Å². The van der Waals surface area contributed by atoms with E-state index in [1.165, 1.54) is 30.5 Å². The maximum absolute atomic E-state index is 10.6. The summed E-state index contributed by atoms with van der Waals surface area (Å²) in [4.78, 5) is 2.81. The highest BCUT2D eigenvalue weighted by atomic mass is 16.6. The molecule has 5 atom stereocenters. The summed E-state index contributed by atoms with van der Waals surface area (Å²) in [6, 6.07) is 4.55. The predicted molar refractivity (Wildman–Crippen MR) is 101 cm³/mol. The first kappa shape index (κ1) is 15.4. The predicted octanol–water partition coefficient (Wildman–Crippen LogP) is 3.17. The lowest BCUT2D eigenvalue weighted by Gasteiger charge is -2.69. The van der Waals surface area contributed by atoms with Crippen LogP contribution >= 0.6 is 0 Å². The molecule has 3 fully saturated rings. The van der Waals surface area contributed by atoms with Crippen molar-refractivity contribution in [3.05, 3.63) is 35.4 Å². The van der Waals surface area contributed by atoms with Crippen molar-refractivity contribution in [3.8, 4) is 11.5 Å². The van der Waals surface area contributed by atoms with Gasteiger partial charge in [0.2, 0.25) is 0 Å². The lowest BCUT2D eigenvalue weighted by Crippen LogP contribution is -2.77. The van der Waals surface area contributed by atoms with Crippen molar-refractivity contribution < 1.29 is 14.6 Å². The van der Waals surface area contributed by atoms with Crippen LogP contribution in [0.15, 0.2) is 24.3 Å². The fourth-order valence-electron chi connectivity index (χ4n) is 7.70. The number of fused-ring (bicyclic) bond motifs is 1. The molecule has 8 rings (SSSR count). The molecular weight excluding hydrogens is 338 g/mol. The number of phenols is 1. The number of methoxy groups -OCH3 is 1. The Balaban J connectivity index is 1.50. The second kappa shape index (κ2) is 4.55. The maximum Gasteiger partial charge on any atom is 0.165 e. The SMILES string of the molecule is CO[C@]12C=C[C@@]3(CC1)[C@H]1Cc4ccc(O)c5c4[C@@]3(CCN1CC1CC1)[C@H]2O5. The number of piperidine rings is 1. The van der Waals surface area contributed by atoms with Crippen molar-refractivity contribution >= 4 is 0 Å². The highest BCUT2D eigenvalue weighted by Gasteiger charge is 2.77. The molecule has 2 aliphatic heterocycles. The zero-order chi connectivity index (χ0) is 18.0. The van der Waals surface area contributed by atoms with Crippen LogP contribution in [0.5, 0.6) is 11.5 Å². The van der Waals surface area contributed by atoms with Gasteiger partial charge in [0.05, 0.1) is 5.41 Å². The normalized spacial score (nSPS) is 45.7. The summed E-state index contributed by atoms with van der Waals surface area (Å²) in [5.41, 5.74) is 2.44. The average molecular weight is 365 g/mol. The molecule has 4 heteroatoms. The van der Waals surface area contributed by atoms with Crippen molar-refractivity contribution in [2.24, 2.45) is 11.3 Å². The van der Waals surface area contributed by atoms with Crippen LogP contribution in [0.2, 0.25) is 0 Å². The van der Waals surface area contributed by atoms with E-state index >= 15 is 0 Å². The van der Waals surface area contributed by atoms with Gasteiger partial charge in [-0.25, -0.2) is 0 Å². The molecule has 2 spiro atoms. The minimum atomic E-state index is -0.356. The van der Waals surface area contributed by atoms with Gasteiger partial charge in [-0.05, 0) is 62.6 Å². The van der Waals surface area contributed by atoms with Gasteiger partial charge in [-0.3, -0.25) is 4.90 Å². The minimum Gasteiger partial charge on any atom is -0.504 e. The molecular formula is C23H27NO3. The third-order valence-electron chi connectivity index (χ3n) is 9.03. The quantitative estimate of drug-likeness (QED) is 0.836. The fraction of sp³-hybridized carbons (Fsp3) is 0.652. The van der Waals surface area contributed by atoms with Crippen LogP contribution in [0, 0.1) is 11.3 Å². The van der Waals surface area contributed by atoms with Gasteiger partial charge < -0.3 is 14.6 Å². The number of phenolic OH excluding ortho intramolecular Hbond substituents is 1. The second-order valence-electron chi connectivity index (χ2n) is 9.86. The number of likely N-dealkylation sites (tertiary alicyclic amines) is 1. The number of rotatable bonds is 3. The minimum absolute atomic E-state index is 0.0123. The topological polar surface area (TPSA) is 41.9 Å². The molecule has 142 valence electrons. The number of hydrogen-bond donors (Lipinski definition) is 1. The average Bonchev–Trinajstić information content (AvgIpc) is 3.43. The fourth-order valence-corrected chi connectivity index (χ4v) is 7.70. The Hall–Kier alpha value is -1.52. The highest BCUT2D eigenvalue weighted by Crippen LogP contribution is 2.73. The summed E-state index contributed by atoms with van der Waals surface area (Å²) >= 11 is 0. The summed E-state index contributed by atoms with van der Waals surface area (Å²) in [5, 5.41) is 10.6. The van der Waals surface area contributed by atoms with E-state index < -0.39 is 0 Å². The number of benzene rings is 1. The van der Waals surface area contributed by atoms with Gasteiger partial charge in [-0.1, -0.05) is 18.2 Å². The number of hydrogen-bond acceptors (Lipinski definition) is 4. The van der Waals surface area contributed by atoms with E-state index in [1.54, 1.807) is 0 Å². The van der Waals surface area contributed by atoms with Crippen LogP contribution < -0.4 is 4.74 Å². The molecule has 2 saturated carbocycles. The molecule has 0 aromatic heterocycles. The van der Waals surface area contributed by atoms with Gasteiger partial charge in [0.25, 0.3) is 0 Å². The van der Waals surface area contributed by atoms with E-state index in [9.17, 15) is 5.11 Å². The molecule has 2 heterocycles. The standard InChI is InChI=1S/C23H27NO3/c1-26-22-8-6-21(7-9-22)17-12-15-4-5-16(25)19-18(15)23(21,20(22)27-19)10-11-24(17)13-14-2-3-14/h4-6,8,14,17,20,25H,2-3,7,9-13H2,1H3/t17-,20+,21-,22-,23+/m1/s1. The Bertz CT molecular complexity index is 892. The smallest absolute Gasteiger partial charge is 0.165 e. The van der Waals surface area contributed by atoms with Crippen molar-refractivity contribution in [2.75, 3.05) is 20.2 Å². The van der Waals surface area contributed by atoms with Gasteiger partial charge in [0, 0.05) is 30.7 Å². The molecule has 5 aliphatic carbocycles. The van der Waals surface area contributed by atoms with Gasteiger partial charge in [-0.15, -0.1) is 0 Å². The van der Waals surface area contributed by atoms with Gasteiger partial charge in [0.1, 0.15) is 11.7 Å². The second-order valence-corrected chi connectivity index (χ2v) is 9.86. The van der Waals surface area contributed by atoms with Gasteiger partial charge >= 0.3 is 0 Å². The van der Waals surface area contributed by atoms with Gasteiger partial charge in [0.15, 0.2) is 11.5 Å². The molecule has 1 aromatic rings. The third-order valence-corrected chi connectivity index (χ3v) is 9.03. The Morgan fingerprint density at radius 2 is 2.11 bits per heavy atom. The summed E-state index contributed by atoms with van der Waals surface area (Å²) in [6.07, 6.45) is 12.0. The summed E-state index contributed by atoms with van der Waals surface area (Å²) in [5.74, 6) is 1.97. The van der Waals surface area contributed by atoms with E-state index in [0.29, 0.717) is 11.8 Å². The molecule has 0 amide bonds. The molecule has 4 bridgehead atoms.